The van der Waals surface area contributed by atoms with E-state index in [1.807, 2.05) is 0 Å². The summed E-state index contributed by atoms with van der Waals surface area (Å²) < 4.78 is 0. The Labute approximate surface area is 171 Å². The van der Waals surface area contributed by atoms with Crippen LogP contribution in [0, 0.1) is 20.2 Å². The molecule has 30 heavy (non-hydrogen) atoms. The van der Waals surface area contributed by atoms with Gasteiger partial charge in [-0.25, -0.2) is 9.97 Å². The molecule has 12 nitrogen and oxygen atoms in total. The van der Waals surface area contributed by atoms with Gasteiger partial charge in [0.25, 0.3) is 5.69 Å². The summed E-state index contributed by atoms with van der Waals surface area (Å²) in [5.41, 5.74) is 4.97. The Morgan fingerprint density at radius 2 is 1.67 bits per heavy atom. The molecule has 0 aliphatic heterocycles. The molecule has 1 aromatic heterocycles. The minimum absolute atomic E-state index is 0.0724. The first-order valence-electron chi connectivity index (χ1n) is 9.48. The maximum absolute atomic E-state index is 12.2. The molecule has 0 spiro atoms. The number of nitro groups is 2. The van der Waals surface area contributed by atoms with Crippen molar-refractivity contribution in [3.8, 4) is 0 Å². The lowest BCUT2D eigenvalue weighted by atomic mass is 9.95. The Balaban J connectivity index is 1.65. The summed E-state index contributed by atoms with van der Waals surface area (Å²) in [6.07, 6.45) is 6.20. The lowest BCUT2D eigenvalue weighted by Crippen LogP contribution is -2.32. The van der Waals surface area contributed by atoms with Crippen molar-refractivity contribution < 1.29 is 14.6 Å². The van der Waals surface area contributed by atoms with Gasteiger partial charge in [-0.15, -0.1) is 0 Å². The fourth-order valence-electron chi connectivity index (χ4n) is 3.28. The highest BCUT2D eigenvalue weighted by Crippen LogP contribution is 2.31. The van der Waals surface area contributed by atoms with Crippen LogP contribution in [0.3, 0.4) is 0 Å². The van der Waals surface area contributed by atoms with Crippen LogP contribution in [-0.2, 0) is 11.2 Å². The van der Waals surface area contributed by atoms with E-state index in [4.69, 9.17) is 0 Å². The van der Waals surface area contributed by atoms with Crippen LogP contribution in [0.2, 0.25) is 0 Å². The predicted octanol–water partition coefficient (Wildman–Crippen LogP) is 2.72. The average Bonchev–Trinajstić information content (AvgIpc) is 2.73. The lowest BCUT2D eigenvalue weighted by Gasteiger charge is -2.23. The zero-order valence-electron chi connectivity index (χ0n) is 16.0. The molecule has 1 saturated carbocycles. The van der Waals surface area contributed by atoms with Gasteiger partial charge in [0.05, 0.1) is 16.3 Å². The zero-order valence-corrected chi connectivity index (χ0v) is 16.0. The largest absolute Gasteiger partial charge is 0.361 e. The minimum atomic E-state index is -0.601. The highest BCUT2D eigenvalue weighted by Gasteiger charge is 2.26. The lowest BCUT2D eigenvalue weighted by molar-refractivity contribution is -0.384. The maximum atomic E-state index is 12.2. The number of aromatic nitrogens is 2. The monoisotopic (exact) mass is 415 g/mol. The van der Waals surface area contributed by atoms with Crippen LogP contribution in [0.15, 0.2) is 30.6 Å². The van der Waals surface area contributed by atoms with Crippen molar-refractivity contribution in [2.24, 2.45) is 0 Å². The topological polar surface area (TPSA) is 165 Å². The summed E-state index contributed by atoms with van der Waals surface area (Å²) in [6, 6.07) is 5.65. The highest BCUT2D eigenvalue weighted by atomic mass is 16.6. The number of hydrogen-bond donors (Lipinski definition) is 3. The van der Waals surface area contributed by atoms with Gasteiger partial charge in [-0.3, -0.25) is 35.9 Å². The van der Waals surface area contributed by atoms with Gasteiger partial charge in [-0.2, -0.15) is 0 Å². The third-order valence-corrected chi connectivity index (χ3v) is 4.78. The van der Waals surface area contributed by atoms with E-state index in [1.165, 1.54) is 30.6 Å². The zero-order chi connectivity index (χ0) is 21.5. The first kappa shape index (κ1) is 20.9. The van der Waals surface area contributed by atoms with Gasteiger partial charge in [-0.05, 0) is 18.4 Å². The van der Waals surface area contributed by atoms with Crippen molar-refractivity contribution in [2.45, 2.75) is 44.6 Å². The number of anilines is 2. The molecule has 1 aliphatic rings. The second-order valence-electron chi connectivity index (χ2n) is 6.93. The number of amides is 1. The Morgan fingerprint density at radius 1 is 1.00 bits per heavy atom. The van der Waals surface area contributed by atoms with Crippen LogP contribution in [0.1, 0.15) is 37.7 Å². The van der Waals surface area contributed by atoms with Crippen molar-refractivity contribution in [3.05, 3.63) is 56.4 Å². The molecule has 0 saturated heterocycles. The van der Waals surface area contributed by atoms with E-state index in [2.05, 4.69) is 26.1 Å². The predicted molar refractivity (Wildman–Crippen MR) is 108 cm³/mol. The van der Waals surface area contributed by atoms with Gasteiger partial charge in [0.15, 0.2) is 0 Å². The van der Waals surface area contributed by atoms with Crippen molar-refractivity contribution in [3.63, 3.8) is 0 Å². The molecule has 0 unspecified atom stereocenters. The Bertz CT molecular complexity index is 929. The summed E-state index contributed by atoms with van der Waals surface area (Å²) >= 11 is 0. The molecule has 1 amide bonds. The molecule has 0 bridgehead atoms. The number of nitrogens with one attached hydrogen (secondary N) is 3. The third kappa shape index (κ3) is 5.37. The molecule has 2 aromatic rings. The van der Waals surface area contributed by atoms with Gasteiger partial charge in [0.1, 0.15) is 6.33 Å². The number of non-ortho nitro benzene ring substituents is 1. The SMILES string of the molecule is O=C(Cc1ccc([N+](=O)[O-])cc1)NNc1ncnc(NC2CCCCC2)c1[N+](=O)[O-]. The standard InChI is InChI=1S/C18H21N7O5/c26-15(10-12-6-8-14(9-7-12)24(27)28)22-23-18-16(25(29)30)17(19-11-20-18)21-13-4-2-1-3-5-13/h6-9,11,13H,1-5,10H2,(H,22,26)(H2,19,20,21,23). The van der Waals surface area contributed by atoms with Crippen LogP contribution < -0.4 is 16.2 Å². The van der Waals surface area contributed by atoms with Crippen LogP contribution >= 0.6 is 0 Å². The van der Waals surface area contributed by atoms with Crippen molar-refractivity contribution in [1.29, 1.82) is 0 Å². The number of carbonyl (C=O) groups excluding carboxylic acids is 1. The smallest absolute Gasteiger partial charge is 0.354 e. The summed E-state index contributed by atoms with van der Waals surface area (Å²) in [5, 5.41) is 25.4. The van der Waals surface area contributed by atoms with E-state index in [9.17, 15) is 25.0 Å². The Kier molecular flexibility index (Phi) is 6.67. The Hall–Kier alpha value is -3.83. The fraction of sp³-hybridized carbons (Fsp3) is 0.389. The number of nitro benzene ring substituents is 1. The number of carbonyl (C=O) groups is 1. The van der Waals surface area contributed by atoms with Crippen LogP contribution in [0.25, 0.3) is 0 Å². The molecule has 3 rings (SSSR count). The highest BCUT2D eigenvalue weighted by molar-refractivity contribution is 5.81. The fourth-order valence-corrected chi connectivity index (χ4v) is 3.28. The van der Waals surface area contributed by atoms with Crippen molar-refractivity contribution in [1.82, 2.24) is 15.4 Å². The van der Waals surface area contributed by atoms with Gasteiger partial charge in [-0.1, -0.05) is 31.4 Å². The van der Waals surface area contributed by atoms with E-state index in [0.717, 1.165) is 32.1 Å². The molecule has 0 atom stereocenters. The number of benzene rings is 1. The van der Waals surface area contributed by atoms with E-state index < -0.39 is 15.8 Å². The molecule has 1 aliphatic carbocycles. The van der Waals surface area contributed by atoms with Crippen LogP contribution in [0.4, 0.5) is 23.0 Å². The summed E-state index contributed by atoms with van der Waals surface area (Å²) in [5.74, 6) is -0.516. The van der Waals surface area contributed by atoms with Gasteiger partial charge in [0.2, 0.25) is 17.5 Å². The molecular weight excluding hydrogens is 394 g/mol. The van der Waals surface area contributed by atoms with Gasteiger partial charge in [0, 0.05) is 18.2 Å². The molecular formula is C18H21N7O5. The summed E-state index contributed by atoms with van der Waals surface area (Å²) in [4.78, 5) is 41.2. The average molecular weight is 415 g/mol. The molecule has 1 aromatic carbocycles. The minimum Gasteiger partial charge on any atom is -0.361 e. The molecule has 3 N–H and O–H groups in total. The van der Waals surface area contributed by atoms with E-state index in [0.29, 0.717) is 5.56 Å². The number of rotatable bonds is 8. The first-order chi connectivity index (χ1) is 14.4. The quantitative estimate of drug-likeness (QED) is 0.434. The normalized spacial score (nSPS) is 14.0. The molecule has 0 radical (unpaired) electrons. The maximum Gasteiger partial charge on any atom is 0.354 e. The second kappa shape index (κ2) is 9.58. The molecule has 1 fully saturated rings. The van der Waals surface area contributed by atoms with Gasteiger partial charge < -0.3 is 5.32 Å². The third-order valence-electron chi connectivity index (χ3n) is 4.78. The van der Waals surface area contributed by atoms with E-state index in [1.54, 1.807) is 0 Å². The van der Waals surface area contributed by atoms with Crippen molar-refractivity contribution >= 4 is 28.9 Å². The first-order valence-corrected chi connectivity index (χ1v) is 9.48. The number of hydrazine groups is 1. The molecule has 158 valence electrons. The van der Waals surface area contributed by atoms with Crippen LogP contribution in [-0.4, -0.2) is 31.8 Å². The van der Waals surface area contributed by atoms with Gasteiger partial charge >= 0.3 is 5.69 Å². The summed E-state index contributed by atoms with van der Waals surface area (Å²) in [6.45, 7) is 0. The van der Waals surface area contributed by atoms with Crippen LogP contribution in [0.5, 0.6) is 0 Å². The van der Waals surface area contributed by atoms with E-state index >= 15 is 0 Å². The second-order valence-corrected chi connectivity index (χ2v) is 6.93. The molecule has 12 heteroatoms. The van der Waals surface area contributed by atoms with Crippen molar-refractivity contribution in [2.75, 3.05) is 10.7 Å². The molecule has 1 heterocycles. The number of hydrogen-bond acceptors (Lipinski definition) is 9. The summed E-state index contributed by atoms with van der Waals surface area (Å²) in [7, 11) is 0. The van der Waals surface area contributed by atoms with E-state index in [-0.39, 0.29) is 35.5 Å². The number of nitrogens with zero attached hydrogens (tertiary/aromatic N) is 4. The Morgan fingerprint density at radius 3 is 2.30 bits per heavy atom.